The molecule has 410 valence electrons. The molecule has 3 aliphatic heterocycles. The number of unbranched alkanes of at least 4 members (excludes halogenated alkanes) is 2. The van der Waals surface area contributed by atoms with E-state index in [4.69, 9.17) is 15.4 Å². The van der Waals surface area contributed by atoms with Crippen LogP contribution in [0.15, 0.2) is 115 Å². The minimum Gasteiger partial charge on any atom is -0.756 e. The van der Waals surface area contributed by atoms with Crippen LogP contribution >= 0.6 is 23.5 Å². The van der Waals surface area contributed by atoms with Crippen molar-refractivity contribution in [2.75, 3.05) is 49.2 Å². The maximum absolute atomic E-state index is 12.2. The van der Waals surface area contributed by atoms with Gasteiger partial charge in [-0.3, -0.25) is 18.3 Å². The number of nitrogens with one attached hydrogen (secondary N) is 2. The van der Waals surface area contributed by atoms with Crippen molar-refractivity contribution in [3.8, 4) is 0 Å². The highest BCUT2D eigenvalue weighted by Crippen LogP contribution is 2.61. The second-order valence-corrected chi connectivity index (χ2v) is 24.2. The molecular weight excluding hydrogens is 1060 g/mol. The molecular formula is C51H59N9O14P3-3. The lowest BCUT2D eigenvalue weighted by atomic mass is 9.79. The first-order valence-corrected chi connectivity index (χ1v) is 29.0. The third kappa shape index (κ3) is 11.6. The molecule has 3 aliphatic rings. The standard InChI is InChI=1S/C51H62N9O14P3/c1-50(2)38(58(5)35-24-22-31-16-10-12-18-33(31)41(35)50)20-8-6-9-21-39-51(3,4)42-34-19-13-11-17-32(34)23-25-36(42)59(39)28-40(61)53-26-14-7-15-27-54-49-57-43-46(52)55-30-56-47(43)60(49)48-45(63)44(62)37(72-48)29-71-76(67,68)74-77(69,70)73-75(64,65)66/h6,8-13,16-25,30,37,44-45,48,53,61-63H,7,14-15,26-29H2,1-5H3,(H,54,57)(H,67,68)(H,69,70)(H2,52,55,56)(H2,64,65,66)/p-3. The summed E-state index contributed by atoms with van der Waals surface area (Å²) >= 11 is 0. The van der Waals surface area contributed by atoms with Gasteiger partial charge in [-0.1, -0.05) is 99.6 Å². The molecule has 0 bridgehead atoms. The molecule has 1 fully saturated rings. The molecule has 7 unspecified atom stereocenters. The van der Waals surface area contributed by atoms with E-state index in [-0.39, 0.29) is 41.1 Å². The van der Waals surface area contributed by atoms with Crippen LogP contribution in [0, 0.1) is 6.23 Å². The van der Waals surface area contributed by atoms with E-state index in [1.54, 1.807) is 0 Å². The Balaban J connectivity index is 0.821. The van der Waals surface area contributed by atoms with Gasteiger partial charge in [0.2, 0.25) is 11.6 Å². The van der Waals surface area contributed by atoms with Gasteiger partial charge in [-0.2, -0.15) is 4.58 Å². The Bertz CT molecular complexity index is 3510. The molecule has 0 aliphatic carbocycles. The lowest BCUT2D eigenvalue weighted by molar-refractivity contribution is -0.401. The number of nitrogen functional groups attached to an aromatic ring is 1. The van der Waals surface area contributed by atoms with Crippen LogP contribution in [0.3, 0.4) is 0 Å². The summed E-state index contributed by atoms with van der Waals surface area (Å²) in [6.45, 7) is 8.81. The predicted molar refractivity (Wildman–Crippen MR) is 283 cm³/mol. The first-order valence-electron chi connectivity index (χ1n) is 24.6. The van der Waals surface area contributed by atoms with Gasteiger partial charge in [-0.25, -0.2) is 23.6 Å². The van der Waals surface area contributed by atoms with Gasteiger partial charge in [-0.15, -0.1) is 6.23 Å². The summed E-state index contributed by atoms with van der Waals surface area (Å²) in [4.78, 5) is 58.1. The number of ether oxygens (including phenoxy) is 1. The number of imidazole rings is 1. The number of nitrogens with two attached hydrogens (primary N) is 1. The second kappa shape index (κ2) is 21.9. The molecule has 7 atom stereocenters. The third-order valence-electron chi connectivity index (χ3n) is 14.1. The molecule has 5 heterocycles. The minimum absolute atomic E-state index is 0.0243. The van der Waals surface area contributed by atoms with E-state index in [9.17, 15) is 43.7 Å². The molecule has 1 saturated heterocycles. The Morgan fingerprint density at radius 2 is 1.52 bits per heavy atom. The smallest absolute Gasteiger partial charge is 0.280 e. The SMILES string of the molecule is C[N+]1=C(C=CC=CC=C2N(C[C-](O)NCCCCCNc3nc4c(N)ncnc4n3C3OC(COP(=O)([O-])OP(=O)([O-])OP(=O)([O-])O)C(O)C3O)c3ccc4ccccc4c3C2(C)C)C(C)(C)c2c1ccc1ccccc21. The van der Waals surface area contributed by atoms with Crippen molar-refractivity contribution in [3.05, 3.63) is 133 Å². The van der Waals surface area contributed by atoms with Gasteiger partial charge >= 0.3 is 0 Å². The number of aliphatic hydroxyl groups is 3. The number of phosphoric ester groups is 1. The first-order chi connectivity index (χ1) is 36.4. The van der Waals surface area contributed by atoms with Crippen LogP contribution < -0.4 is 35.9 Å². The Kier molecular flexibility index (Phi) is 16.0. The van der Waals surface area contributed by atoms with Crippen LogP contribution in [0.2, 0.25) is 0 Å². The van der Waals surface area contributed by atoms with Gasteiger partial charge in [0.05, 0.1) is 12.0 Å². The molecule has 0 saturated carbocycles. The molecule has 0 amide bonds. The third-order valence-corrected chi connectivity index (χ3v) is 17.7. The fraction of sp³-hybridized carbons (Fsp3) is 0.353. The molecule has 0 spiro atoms. The Hall–Kier alpha value is -5.55. The fourth-order valence-corrected chi connectivity index (χ4v) is 13.5. The van der Waals surface area contributed by atoms with Crippen LogP contribution in [-0.4, -0.2) is 102 Å². The first kappa shape index (κ1) is 56.2. The van der Waals surface area contributed by atoms with Crippen molar-refractivity contribution in [3.63, 3.8) is 0 Å². The number of benzene rings is 4. The van der Waals surface area contributed by atoms with Crippen LogP contribution in [-0.2, 0) is 42.4 Å². The predicted octanol–water partition coefficient (Wildman–Crippen LogP) is 5.32. The summed E-state index contributed by atoms with van der Waals surface area (Å²) in [6.07, 6.45) is 6.92. The van der Waals surface area contributed by atoms with Gasteiger partial charge < -0.3 is 65.4 Å². The van der Waals surface area contributed by atoms with Crippen LogP contribution in [0.1, 0.15) is 64.3 Å². The summed E-state index contributed by atoms with van der Waals surface area (Å²) in [5.41, 5.74) is 12.6. The number of allylic oxidation sites excluding steroid dienone is 6. The highest BCUT2D eigenvalue weighted by atomic mass is 31.3. The number of phosphoric acid groups is 3. The van der Waals surface area contributed by atoms with Crippen molar-refractivity contribution in [2.24, 2.45) is 0 Å². The summed E-state index contributed by atoms with van der Waals surface area (Å²) in [7, 11) is -16.0. The van der Waals surface area contributed by atoms with E-state index in [1.165, 1.54) is 37.9 Å². The number of nitrogens with zero attached hydrogens (tertiary/aromatic N) is 6. The average molecular weight is 1120 g/mol. The van der Waals surface area contributed by atoms with Crippen molar-refractivity contribution in [1.82, 2.24) is 24.8 Å². The zero-order valence-corrected chi connectivity index (χ0v) is 45.3. The lowest BCUT2D eigenvalue weighted by Crippen LogP contribution is -2.36. The summed E-state index contributed by atoms with van der Waals surface area (Å²) in [5, 5.41) is 44.5. The number of fused-ring (bicyclic) bond motifs is 7. The van der Waals surface area contributed by atoms with E-state index in [1.807, 2.05) is 18.2 Å². The zero-order chi connectivity index (χ0) is 55.2. The van der Waals surface area contributed by atoms with Crippen molar-refractivity contribution < 1.29 is 71.0 Å². The van der Waals surface area contributed by atoms with E-state index in [2.05, 4.69) is 168 Å². The molecule has 2 aromatic heterocycles. The number of aliphatic hydroxyl groups excluding tert-OH is 3. The van der Waals surface area contributed by atoms with Crippen molar-refractivity contribution >= 4 is 85.0 Å². The van der Waals surface area contributed by atoms with E-state index in [0.29, 0.717) is 32.4 Å². The number of hydrogen-bond donors (Lipinski definition) is 7. The summed E-state index contributed by atoms with van der Waals surface area (Å²) < 4.78 is 55.4. The highest BCUT2D eigenvalue weighted by Gasteiger charge is 2.47. The average Bonchev–Trinajstić information content (AvgIpc) is 4.12. The number of hydrogen-bond acceptors (Lipinski definition) is 20. The molecule has 23 nitrogen and oxygen atoms in total. The number of anilines is 3. The van der Waals surface area contributed by atoms with Crippen LogP contribution in [0.4, 0.5) is 23.1 Å². The lowest BCUT2D eigenvalue weighted by Gasteiger charge is -2.36. The fourth-order valence-electron chi connectivity index (χ4n) is 10.6. The van der Waals surface area contributed by atoms with E-state index >= 15 is 0 Å². The molecule has 9 rings (SSSR count). The molecule has 6 aromatic rings. The normalized spacial score (nSPS) is 23.0. The van der Waals surface area contributed by atoms with Crippen molar-refractivity contribution in [2.45, 2.75) is 82.3 Å². The van der Waals surface area contributed by atoms with E-state index < -0.39 is 60.0 Å². The van der Waals surface area contributed by atoms with Crippen LogP contribution in [0.5, 0.6) is 0 Å². The monoisotopic (exact) mass is 1110 g/mol. The van der Waals surface area contributed by atoms with Gasteiger partial charge in [-0.05, 0) is 78.6 Å². The van der Waals surface area contributed by atoms with Gasteiger partial charge in [0.25, 0.3) is 23.5 Å². The summed E-state index contributed by atoms with van der Waals surface area (Å²) in [5.74, 6) is 0.0616. The highest BCUT2D eigenvalue weighted by molar-refractivity contribution is 7.65. The quantitative estimate of drug-likeness (QED) is 0.0158. The molecule has 0 radical (unpaired) electrons. The van der Waals surface area contributed by atoms with Crippen LogP contribution in [0.25, 0.3) is 32.7 Å². The molecule has 4 aromatic carbocycles. The molecule has 8 N–H and O–H groups in total. The van der Waals surface area contributed by atoms with Gasteiger partial charge in [0.1, 0.15) is 31.7 Å². The topological polar surface area (TPSA) is 338 Å². The van der Waals surface area contributed by atoms with E-state index in [0.717, 1.165) is 28.5 Å². The Morgan fingerprint density at radius 3 is 2.23 bits per heavy atom. The number of rotatable bonds is 21. The largest absolute Gasteiger partial charge is 0.756 e. The van der Waals surface area contributed by atoms with Gasteiger partial charge in [0, 0.05) is 41.1 Å². The Labute approximate surface area is 443 Å². The zero-order valence-electron chi connectivity index (χ0n) is 42.6. The maximum Gasteiger partial charge on any atom is 0.280 e. The Morgan fingerprint density at radius 1 is 0.844 bits per heavy atom. The number of aromatic nitrogens is 4. The maximum atomic E-state index is 12.2. The van der Waals surface area contributed by atoms with Crippen molar-refractivity contribution in [1.29, 1.82) is 0 Å². The summed E-state index contributed by atoms with van der Waals surface area (Å²) in [6, 6.07) is 25.4. The molecule has 26 heteroatoms. The second-order valence-electron chi connectivity index (χ2n) is 19.9. The minimum atomic E-state index is -6.19. The molecule has 77 heavy (non-hydrogen) atoms. The van der Waals surface area contributed by atoms with Gasteiger partial charge in [0.15, 0.2) is 28.9 Å².